The summed E-state index contributed by atoms with van der Waals surface area (Å²) < 4.78 is 12.9. The van der Waals surface area contributed by atoms with Gasteiger partial charge in [-0.15, -0.1) is 0 Å². The van der Waals surface area contributed by atoms with Gasteiger partial charge >= 0.3 is 0 Å². The van der Waals surface area contributed by atoms with Gasteiger partial charge in [0.25, 0.3) is 5.56 Å². The lowest BCUT2D eigenvalue weighted by Crippen LogP contribution is -2.03. The Labute approximate surface area is 82.8 Å². The number of H-pyrrole nitrogens is 1. The van der Waals surface area contributed by atoms with E-state index in [0.717, 1.165) is 18.2 Å². The van der Waals surface area contributed by atoms with E-state index in [1.807, 2.05) is 0 Å². The van der Waals surface area contributed by atoms with Gasteiger partial charge in [0, 0.05) is 6.07 Å². The van der Waals surface area contributed by atoms with Crippen molar-refractivity contribution in [1.29, 1.82) is 0 Å². The number of aromatic nitrogens is 1. The van der Waals surface area contributed by atoms with E-state index in [2.05, 4.69) is 4.98 Å². The lowest BCUT2D eigenvalue weighted by molar-refractivity contribution is 0.480. The smallest absolute Gasteiger partial charge is 0.252 e. The van der Waals surface area contributed by atoms with Gasteiger partial charge in [-0.25, -0.2) is 4.39 Å². The van der Waals surface area contributed by atoms with Gasteiger partial charge < -0.3 is 10.1 Å². The Morgan fingerprint density at radius 3 is 2.79 bits per heavy atom. The minimum absolute atomic E-state index is 0.0637. The Hall–Kier alpha value is -1.55. The molecule has 1 aromatic carbocycles. The molecule has 0 aliphatic carbocycles. The highest BCUT2D eigenvalue weighted by Crippen LogP contribution is 2.29. The predicted molar refractivity (Wildman–Crippen MR) is 51.2 cm³/mol. The lowest BCUT2D eigenvalue weighted by Gasteiger charge is -2.02. The van der Waals surface area contributed by atoms with Gasteiger partial charge in [-0.05, 0) is 12.1 Å². The fourth-order valence-electron chi connectivity index (χ4n) is 1.30. The summed E-state index contributed by atoms with van der Waals surface area (Å²) in [5.41, 5.74) is -0.323. The molecule has 0 saturated heterocycles. The standard InChI is InChI=1S/C9H5ClFNO2/c10-5-1-4(11)2-6-9(5)7(13)3-8(14)12-6/h1-3H,(H2,12,13,14). The molecule has 1 aromatic heterocycles. The summed E-state index contributed by atoms with van der Waals surface area (Å²) in [7, 11) is 0. The van der Waals surface area contributed by atoms with Gasteiger partial charge in [0.05, 0.1) is 15.9 Å². The molecule has 0 atom stereocenters. The summed E-state index contributed by atoms with van der Waals surface area (Å²) >= 11 is 5.70. The number of rotatable bonds is 0. The van der Waals surface area contributed by atoms with Crippen molar-refractivity contribution in [2.45, 2.75) is 0 Å². The Balaban J connectivity index is 3.01. The second-order valence-electron chi connectivity index (χ2n) is 2.83. The average molecular weight is 214 g/mol. The molecular formula is C9H5ClFNO2. The molecule has 0 unspecified atom stereocenters. The first kappa shape index (κ1) is 9.02. The Morgan fingerprint density at radius 2 is 2.07 bits per heavy atom. The van der Waals surface area contributed by atoms with Crippen molar-refractivity contribution in [3.8, 4) is 5.75 Å². The molecule has 0 aliphatic rings. The van der Waals surface area contributed by atoms with Crippen LogP contribution in [0.15, 0.2) is 23.0 Å². The van der Waals surface area contributed by atoms with Gasteiger partial charge in [0.1, 0.15) is 11.6 Å². The van der Waals surface area contributed by atoms with Crippen LogP contribution in [0.5, 0.6) is 5.75 Å². The number of aromatic hydroxyl groups is 1. The van der Waals surface area contributed by atoms with E-state index in [-0.39, 0.29) is 21.7 Å². The molecule has 0 amide bonds. The second-order valence-corrected chi connectivity index (χ2v) is 3.24. The van der Waals surface area contributed by atoms with Crippen LogP contribution in [-0.2, 0) is 0 Å². The summed E-state index contributed by atoms with van der Waals surface area (Å²) in [4.78, 5) is 13.3. The fraction of sp³-hybridized carbons (Fsp3) is 0. The van der Waals surface area contributed by atoms with Crippen LogP contribution in [0.3, 0.4) is 0 Å². The lowest BCUT2D eigenvalue weighted by atomic mass is 10.2. The topological polar surface area (TPSA) is 53.1 Å². The van der Waals surface area contributed by atoms with E-state index in [1.165, 1.54) is 0 Å². The second kappa shape index (κ2) is 2.99. The van der Waals surface area contributed by atoms with E-state index >= 15 is 0 Å². The van der Waals surface area contributed by atoms with Crippen LogP contribution < -0.4 is 5.56 Å². The van der Waals surface area contributed by atoms with Crippen molar-refractivity contribution in [3.63, 3.8) is 0 Å². The molecule has 0 saturated carbocycles. The molecule has 0 radical (unpaired) electrons. The molecule has 0 bridgehead atoms. The van der Waals surface area contributed by atoms with Gasteiger partial charge in [-0.1, -0.05) is 11.6 Å². The van der Waals surface area contributed by atoms with E-state index < -0.39 is 11.4 Å². The van der Waals surface area contributed by atoms with Crippen molar-refractivity contribution in [1.82, 2.24) is 4.98 Å². The quantitative estimate of drug-likeness (QED) is 0.704. The summed E-state index contributed by atoms with van der Waals surface area (Å²) in [5, 5.41) is 9.70. The molecule has 5 heteroatoms. The van der Waals surface area contributed by atoms with Crippen LogP contribution in [0.2, 0.25) is 5.02 Å². The van der Waals surface area contributed by atoms with Gasteiger partial charge in [0.15, 0.2) is 0 Å². The molecule has 0 fully saturated rings. The number of halogens is 2. The minimum atomic E-state index is -0.566. The third-order valence-corrected chi connectivity index (χ3v) is 2.13. The number of fused-ring (bicyclic) bond motifs is 1. The summed E-state index contributed by atoms with van der Waals surface area (Å²) in [6.45, 7) is 0. The van der Waals surface area contributed by atoms with Crippen LogP contribution in [0.25, 0.3) is 10.9 Å². The maximum absolute atomic E-state index is 12.9. The van der Waals surface area contributed by atoms with Crippen LogP contribution in [0.1, 0.15) is 0 Å². The summed E-state index contributed by atoms with van der Waals surface area (Å²) in [6.07, 6.45) is 0. The van der Waals surface area contributed by atoms with Gasteiger partial charge in [-0.2, -0.15) is 0 Å². The maximum atomic E-state index is 12.9. The zero-order valence-corrected chi connectivity index (χ0v) is 7.60. The highest BCUT2D eigenvalue weighted by atomic mass is 35.5. The van der Waals surface area contributed by atoms with E-state index in [9.17, 15) is 14.3 Å². The zero-order chi connectivity index (χ0) is 10.3. The Bertz CT molecular complexity index is 564. The number of pyridine rings is 1. The molecule has 1 heterocycles. The van der Waals surface area contributed by atoms with Gasteiger partial charge in [-0.3, -0.25) is 4.79 Å². The summed E-state index contributed by atoms with van der Waals surface area (Å²) in [6, 6.07) is 3.16. The highest BCUT2D eigenvalue weighted by molar-refractivity contribution is 6.35. The number of nitrogens with one attached hydrogen (secondary N) is 1. The van der Waals surface area contributed by atoms with Crippen LogP contribution >= 0.6 is 11.6 Å². The Morgan fingerprint density at radius 1 is 1.36 bits per heavy atom. The molecule has 2 N–H and O–H groups in total. The predicted octanol–water partition coefficient (Wildman–Crippen LogP) is 2.03. The van der Waals surface area contributed by atoms with Gasteiger partial charge in [0.2, 0.25) is 0 Å². The van der Waals surface area contributed by atoms with Crippen LogP contribution in [-0.4, -0.2) is 10.1 Å². The zero-order valence-electron chi connectivity index (χ0n) is 6.84. The normalized spacial score (nSPS) is 10.7. The van der Waals surface area contributed by atoms with E-state index in [1.54, 1.807) is 0 Å². The van der Waals surface area contributed by atoms with Crippen LogP contribution in [0, 0.1) is 5.82 Å². The third kappa shape index (κ3) is 1.33. The molecule has 0 aliphatic heterocycles. The van der Waals surface area contributed by atoms with Crippen molar-refractivity contribution in [2.75, 3.05) is 0 Å². The molecular weight excluding hydrogens is 209 g/mol. The SMILES string of the molecule is O=c1cc(O)c2c(Cl)cc(F)cc2[nH]1. The van der Waals surface area contributed by atoms with E-state index in [0.29, 0.717) is 0 Å². The van der Waals surface area contributed by atoms with E-state index in [4.69, 9.17) is 11.6 Å². The number of hydrogen-bond acceptors (Lipinski definition) is 2. The molecule has 2 aromatic rings. The number of hydrogen-bond donors (Lipinski definition) is 2. The first-order chi connectivity index (χ1) is 6.58. The first-order valence-electron chi connectivity index (χ1n) is 3.79. The average Bonchev–Trinajstić information content (AvgIpc) is 1.99. The number of benzene rings is 1. The maximum Gasteiger partial charge on any atom is 0.252 e. The van der Waals surface area contributed by atoms with Crippen molar-refractivity contribution in [3.05, 3.63) is 39.4 Å². The molecule has 2 rings (SSSR count). The molecule has 72 valence electrons. The van der Waals surface area contributed by atoms with Crippen molar-refractivity contribution >= 4 is 22.5 Å². The monoisotopic (exact) mass is 213 g/mol. The van der Waals surface area contributed by atoms with Crippen molar-refractivity contribution < 1.29 is 9.50 Å². The highest BCUT2D eigenvalue weighted by Gasteiger charge is 2.07. The largest absolute Gasteiger partial charge is 0.507 e. The fourth-order valence-corrected chi connectivity index (χ4v) is 1.60. The summed E-state index contributed by atoms with van der Waals surface area (Å²) in [5.74, 6) is -0.822. The van der Waals surface area contributed by atoms with Crippen molar-refractivity contribution in [2.24, 2.45) is 0 Å². The third-order valence-electron chi connectivity index (χ3n) is 1.84. The molecule has 14 heavy (non-hydrogen) atoms. The molecule has 0 spiro atoms. The number of aromatic amines is 1. The first-order valence-corrected chi connectivity index (χ1v) is 4.17. The van der Waals surface area contributed by atoms with Crippen LogP contribution in [0.4, 0.5) is 4.39 Å². The minimum Gasteiger partial charge on any atom is -0.507 e. The Kier molecular flexibility index (Phi) is 1.93. The molecule has 3 nitrogen and oxygen atoms in total.